The third kappa shape index (κ3) is 4.45. The molecule has 1 aliphatic rings. The Labute approximate surface area is 118 Å². The first kappa shape index (κ1) is 14.7. The number of hydrogen-bond acceptors (Lipinski definition) is 3. The van der Waals surface area contributed by atoms with Crippen molar-refractivity contribution >= 4 is 6.03 Å². The molecular formula is C14H21FN4O. The van der Waals surface area contributed by atoms with Crippen LogP contribution in [0.25, 0.3) is 0 Å². The molecule has 0 saturated carbocycles. The number of nitrogens with one attached hydrogen (secondary N) is 1. The maximum absolute atomic E-state index is 12.0. The van der Waals surface area contributed by atoms with Gasteiger partial charge in [-0.25, -0.2) is 4.79 Å². The van der Waals surface area contributed by atoms with Crippen LogP contribution < -0.4 is 5.32 Å². The van der Waals surface area contributed by atoms with Crippen LogP contribution in [-0.2, 0) is 6.54 Å². The number of hydrogen-bond donors (Lipinski definition) is 1. The molecule has 0 unspecified atom stereocenters. The lowest BCUT2D eigenvalue weighted by atomic mass is 10.2. The molecule has 1 saturated heterocycles. The highest BCUT2D eigenvalue weighted by Gasteiger charge is 2.20. The van der Waals surface area contributed by atoms with Crippen LogP contribution in [0.1, 0.15) is 12.0 Å². The van der Waals surface area contributed by atoms with Gasteiger partial charge in [-0.3, -0.25) is 14.3 Å². The summed E-state index contributed by atoms with van der Waals surface area (Å²) in [6.07, 6.45) is 3.97. The van der Waals surface area contributed by atoms with Gasteiger partial charge in [0.15, 0.2) is 0 Å². The van der Waals surface area contributed by atoms with Crippen molar-refractivity contribution in [1.29, 1.82) is 0 Å². The maximum atomic E-state index is 12.0. The van der Waals surface area contributed by atoms with Gasteiger partial charge >= 0.3 is 6.03 Å². The molecule has 1 aromatic heterocycles. The minimum absolute atomic E-state index is 0.0815. The normalized spacial score (nSPS) is 16.1. The number of rotatable bonds is 5. The molecule has 0 aromatic carbocycles. The van der Waals surface area contributed by atoms with Crippen LogP contribution in [0, 0.1) is 0 Å². The van der Waals surface area contributed by atoms with Gasteiger partial charge in [0.1, 0.15) is 0 Å². The van der Waals surface area contributed by atoms with Gasteiger partial charge in [-0.05, 0) is 24.1 Å². The maximum Gasteiger partial charge on any atom is 0.317 e. The highest BCUT2D eigenvalue weighted by Crippen LogP contribution is 2.07. The van der Waals surface area contributed by atoms with Crippen molar-refractivity contribution in [2.75, 3.05) is 39.4 Å². The number of carbonyl (C=O) groups excluding carboxylic acids is 1. The van der Waals surface area contributed by atoms with Crippen LogP contribution in [0.2, 0.25) is 0 Å². The van der Waals surface area contributed by atoms with E-state index < -0.39 is 0 Å². The summed E-state index contributed by atoms with van der Waals surface area (Å²) in [5.74, 6) is 0. The molecule has 0 radical (unpaired) electrons. The fraction of sp³-hybridized carbons (Fsp3) is 0.571. The van der Waals surface area contributed by atoms with E-state index in [-0.39, 0.29) is 12.7 Å². The zero-order valence-electron chi connectivity index (χ0n) is 11.6. The Morgan fingerprint density at radius 2 is 1.95 bits per heavy atom. The molecule has 1 aromatic rings. The Kier molecular flexibility index (Phi) is 5.73. The summed E-state index contributed by atoms with van der Waals surface area (Å²) < 4.78 is 12.0. The monoisotopic (exact) mass is 280 g/mol. The van der Waals surface area contributed by atoms with Gasteiger partial charge in [0.2, 0.25) is 0 Å². The standard InChI is InChI=1S/C14H21FN4O/c15-4-1-5-17-14(20)19-10-8-18(9-11-19)12-13-2-6-16-7-3-13/h2-3,6-7H,1,4-5,8-12H2,(H,17,20). The highest BCUT2D eigenvalue weighted by atomic mass is 19.1. The largest absolute Gasteiger partial charge is 0.338 e. The van der Waals surface area contributed by atoms with E-state index in [4.69, 9.17) is 0 Å². The fourth-order valence-electron chi connectivity index (χ4n) is 2.23. The number of nitrogens with zero attached hydrogens (tertiary/aromatic N) is 3. The molecule has 110 valence electrons. The molecule has 1 fully saturated rings. The zero-order chi connectivity index (χ0) is 14.2. The van der Waals surface area contributed by atoms with Crippen molar-refractivity contribution in [3.63, 3.8) is 0 Å². The van der Waals surface area contributed by atoms with Crippen LogP contribution >= 0.6 is 0 Å². The molecule has 0 atom stereocenters. The number of amides is 2. The van der Waals surface area contributed by atoms with E-state index in [1.54, 1.807) is 17.3 Å². The fourth-order valence-corrected chi connectivity index (χ4v) is 2.23. The summed E-state index contributed by atoms with van der Waals surface area (Å²) >= 11 is 0. The van der Waals surface area contributed by atoms with Crippen molar-refractivity contribution in [3.8, 4) is 0 Å². The van der Waals surface area contributed by atoms with E-state index >= 15 is 0 Å². The summed E-state index contributed by atoms with van der Waals surface area (Å²) in [7, 11) is 0. The van der Waals surface area contributed by atoms with Crippen LogP contribution in [0.15, 0.2) is 24.5 Å². The third-order valence-corrected chi connectivity index (χ3v) is 3.40. The second-order valence-electron chi connectivity index (χ2n) is 4.89. The number of urea groups is 1. The van der Waals surface area contributed by atoms with Gasteiger partial charge in [-0.1, -0.05) is 0 Å². The Hall–Kier alpha value is -1.69. The molecule has 2 rings (SSSR count). The summed E-state index contributed by atoms with van der Waals surface area (Å²) in [6.45, 7) is 4.06. The Morgan fingerprint density at radius 3 is 2.60 bits per heavy atom. The topological polar surface area (TPSA) is 48.5 Å². The number of carbonyl (C=O) groups is 1. The van der Waals surface area contributed by atoms with E-state index in [9.17, 15) is 9.18 Å². The number of aromatic nitrogens is 1. The number of halogens is 1. The predicted molar refractivity (Wildman–Crippen MR) is 75.1 cm³/mol. The summed E-state index contributed by atoms with van der Waals surface area (Å²) in [6, 6.07) is 3.94. The first-order valence-corrected chi connectivity index (χ1v) is 6.99. The Balaban J connectivity index is 1.71. The summed E-state index contributed by atoms with van der Waals surface area (Å²) in [5.41, 5.74) is 1.24. The summed E-state index contributed by atoms with van der Waals surface area (Å²) in [5, 5.41) is 2.74. The van der Waals surface area contributed by atoms with Gasteiger partial charge in [0.25, 0.3) is 0 Å². The van der Waals surface area contributed by atoms with Gasteiger partial charge in [0.05, 0.1) is 6.67 Å². The van der Waals surface area contributed by atoms with Gasteiger partial charge in [-0.2, -0.15) is 0 Å². The van der Waals surface area contributed by atoms with E-state index in [2.05, 4.69) is 15.2 Å². The molecule has 1 aliphatic heterocycles. The first-order chi connectivity index (χ1) is 9.79. The quantitative estimate of drug-likeness (QED) is 0.826. The van der Waals surface area contributed by atoms with Crippen molar-refractivity contribution in [2.45, 2.75) is 13.0 Å². The summed E-state index contributed by atoms with van der Waals surface area (Å²) in [4.78, 5) is 19.9. The Morgan fingerprint density at radius 1 is 1.25 bits per heavy atom. The van der Waals surface area contributed by atoms with Gasteiger partial charge in [-0.15, -0.1) is 0 Å². The van der Waals surface area contributed by atoms with Crippen LogP contribution in [0.3, 0.4) is 0 Å². The molecule has 0 bridgehead atoms. The smallest absolute Gasteiger partial charge is 0.317 e. The lowest BCUT2D eigenvalue weighted by Gasteiger charge is -2.34. The SMILES string of the molecule is O=C(NCCCF)N1CCN(Cc2ccncc2)CC1. The van der Waals surface area contributed by atoms with E-state index in [0.29, 0.717) is 26.1 Å². The minimum atomic E-state index is -0.389. The van der Waals surface area contributed by atoms with Crippen molar-refractivity contribution in [2.24, 2.45) is 0 Å². The van der Waals surface area contributed by atoms with Crippen LogP contribution in [-0.4, -0.2) is 60.2 Å². The number of alkyl halides is 1. The molecule has 2 heterocycles. The van der Waals surface area contributed by atoms with Gasteiger partial charge < -0.3 is 10.2 Å². The Bertz CT molecular complexity index is 407. The van der Waals surface area contributed by atoms with E-state index in [1.807, 2.05) is 12.1 Å². The first-order valence-electron chi connectivity index (χ1n) is 6.99. The molecule has 5 nitrogen and oxygen atoms in total. The minimum Gasteiger partial charge on any atom is -0.338 e. The average molecular weight is 280 g/mol. The van der Waals surface area contributed by atoms with Crippen molar-refractivity contribution < 1.29 is 9.18 Å². The van der Waals surface area contributed by atoms with Crippen molar-refractivity contribution in [1.82, 2.24) is 20.1 Å². The van der Waals surface area contributed by atoms with Crippen molar-refractivity contribution in [3.05, 3.63) is 30.1 Å². The molecule has 0 aliphatic carbocycles. The number of pyridine rings is 1. The lowest BCUT2D eigenvalue weighted by molar-refractivity contribution is 0.135. The molecular weight excluding hydrogens is 259 g/mol. The number of piperazine rings is 1. The van der Waals surface area contributed by atoms with Crippen LogP contribution in [0.5, 0.6) is 0 Å². The molecule has 6 heteroatoms. The van der Waals surface area contributed by atoms with Crippen LogP contribution in [0.4, 0.5) is 9.18 Å². The molecule has 20 heavy (non-hydrogen) atoms. The highest BCUT2D eigenvalue weighted by molar-refractivity contribution is 5.74. The molecule has 1 N–H and O–H groups in total. The second kappa shape index (κ2) is 7.79. The van der Waals surface area contributed by atoms with E-state index in [0.717, 1.165) is 19.6 Å². The molecule has 0 spiro atoms. The predicted octanol–water partition coefficient (Wildman–Crippen LogP) is 1.27. The van der Waals surface area contributed by atoms with E-state index in [1.165, 1.54) is 5.56 Å². The third-order valence-electron chi connectivity index (χ3n) is 3.40. The zero-order valence-corrected chi connectivity index (χ0v) is 11.6. The van der Waals surface area contributed by atoms with Gasteiger partial charge in [0, 0.05) is 51.7 Å². The average Bonchev–Trinajstić information content (AvgIpc) is 2.49. The lowest BCUT2D eigenvalue weighted by Crippen LogP contribution is -2.51. The molecule has 2 amide bonds. The second-order valence-corrected chi connectivity index (χ2v) is 4.89.